The summed E-state index contributed by atoms with van der Waals surface area (Å²) in [5, 5.41) is 11.2. The Bertz CT molecular complexity index is 781. The maximum Gasteiger partial charge on any atom is 0.234 e. The molecular weight excluding hydrogens is 312 g/mol. The maximum atomic E-state index is 11.3. The van der Waals surface area contributed by atoms with Crippen LogP contribution in [0.4, 0.5) is 0 Å². The summed E-state index contributed by atoms with van der Waals surface area (Å²) in [5.74, 6) is 1.34. The SMILES string of the molecule is Cc1ccc(Oc2ccc(CNC(=O)CC#N)cc2)c(C(C)(C)C)c1. The van der Waals surface area contributed by atoms with Crippen LogP contribution in [0.5, 0.6) is 11.5 Å². The maximum absolute atomic E-state index is 11.3. The summed E-state index contributed by atoms with van der Waals surface area (Å²) in [6, 6.07) is 15.6. The lowest BCUT2D eigenvalue weighted by Crippen LogP contribution is -2.21. The molecule has 0 heterocycles. The minimum absolute atomic E-state index is 0.00762. The van der Waals surface area contributed by atoms with Crippen LogP contribution in [0.2, 0.25) is 0 Å². The van der Waals surface area contributed by atoms with Crippen LogP contribution >= 0.6 is 0 Å². The highest BCUT2D eigenvalue weighted by molar-refractivity contribution is 5.77. The van der Waals surface area contributed by atoms with Gasteiger partial charge in [0.05, 0.1) is 6.07 Å². The zero-order chi connectivity index (χ0) is 18.4. The summed E-state index contributed by atoms with van der Waals surface area (Å²) in [7, 11) is 0. The molecule has 0 fully saturated rings. The lowest BCUT2D eigenvalue weighted by atomic mass is 9.85. The largest absolute Gasteiger partial charge is 0.457 e. The average molecular weight is 336 g/mol. The average Bonchev–Trinajstić information content (AvgIpc) is 2.55. The van der Waals surface area contributed by atoms with E-state index in [1.807, 2.05) is 42.5 Å². The van der Waals surface area contributed by atoms with Gasteiger partial charge in [0, 0.05) is 12.1 Å². The molecule has 2 aromatic rings. The predicted molar refractivity (Wildman–Crippen MR) is 98.5 cm³/mol. The summed E-state index contributed by atoms with van der Waals surface area (Å²) in [6.45, 7) is 8.98. The lowest BCUT2D eigenvalue weighted by Gasteiger charge is -2.23. The molecule has 4 nitrogen and oxygen atoms in total. The van der Waals surface area contributed by atoms with Gasteiger partial charge in [-0.15, -0.1) is 0 Å². The molecule has 25 heavy (non-hydrogen) atoms. The summed E-state index contributed by atoms with van der Waals surface area (Å²) >= 11 is 0. The van der Waals surface area contributed by atoms with Gasteiger partial charge in [-0.1, -0.05) is 50.6 Å². The fourth-order valence-corrected chi connectivity index (χ4v) is 2.46. The second-order valence-corrected chi connectivity index (χ2v) is 7.11. The molecule has 0 aliphatic heterocycles. The van der Waals surface area contributed by atoms with Gasteiger partial charge in [0.1, 0.15) is 17.9 Å². The molecular formula is C21H24N2O2. The standard InChI is InChI=1S/C21H24N2O2/c1-15-5-10-19(18(13-15)21(2,3)4)25-17-8-6-16(7-9-17)14-23-20(24)11-12-22/h5-10,13H,11,14H2,1-4H3,(H,23,24). The third-order valence-corrected chi connectivity index (χ3v) is 3.82. The van der Waals surface area contributed by atoms with Crippen LogP contribution in [0.15, 0.2) is 42.5 Å². The van der Waals surface area contributed by atoms with Crippen molar-refractivity contribution in [3.05, 3.63) is 59.2 Å². The molecule has 0 radical (unpaired) electrons. The van der Waals surface area contributed by atoms with Crippen LogP contribution < -0.4 is 10.1 Å². The quantitative estimate of drug-likeness (QED) is 0.867. The molecule has 1 amide bonds. The smallest absolute Gasteiger partial charge is 0.234 e. The number of nitrogens with zero attached hydrogens (tertiary/aromatic N) is 1. The number of ether oxygens (including phenoxy) is 1. The van der Waals surface area contributed by atoms with E-state index in [0.29, 0.717) is 6.54 Å². The van der Waals surface area contributed by atoms with Crippen molar-refractivity contribution in [2.45, 2.75) is 46.1 Å². The highest BCUT2D eigenvalue weighted by atomic mass is 16.5. The molecule has 0 bridgehead atoms. The first kappa shape index (κ1) is 18.5. The van der Waals surface area contributed by atoms with Crippen LogP contribution in [-0.2, 0) is 16.8 Å². The lowest BCUT2D eigenvalue weighted by molar-refractivity contribution is -0.120. The number of aryl methyl sites for hydroxylation is 1. The molecule has 0 aliphatic rings. The topological polar surface area (TPSA) is 62.1 Å². The third-order valence-electron chi connectivity index (χ3n) is 3.82. The van der Waals surface area contributed by atoms with E-state index in [9.17, 15) is 4.79 Å². The van der Waals surface area contributed by atoms with E-state index >= 15 is 0 Å². The molecule has 4 heteroatoms. The van der Waals surface area contributed by atoms with Gasteiger partial charge in [-0.3, -0.25) is 4.79 Å². The summed E-state index contributed by atoms with van der Waals surface area (Å²) in [6.07, 6.45) is -0.121. The Labute approximate surface area is 149 Å². The minimum Gasteiger partial charge on any atom is -0.457 e. The molecule has 0 aromatic heterocycles. The van der Waals surface area contributed by atoms with Gasteiger partial charge in [-0.2, -0.15) is 5.26 Å². The number of carbonyl (C=O) groups is 1. The van der Waals surface area contributed by atoms with Crippen LogP contribution in [-0.4, -0.2) is 5.91 Å². The number of amides is 1. The number of nitriles is 1. The number of carbonyl (C=O) groups excluding carboxylic acids is 1. The van der Waals surface area contributed by atoms with Gasteiger partial charge in [0.15, 0.2) is 0 Å². The number of nitrogens with one attached hydrogen (secondary N) is 1. The van der Waals surface area contributed by atoms with Crippen molar-refractivity contribution in [3.8, 4) is 17.6 Å². The molecule has 1 N–H and O–H groups in total. The van der Waals surface area contributed by atoms with Crippen LogP contribution in [0, 0.1) is 18.3 Å². The van der Waals surface area contributed by atoms with E-state index in [0.717, 1.165) is 17.1 Å². The van der Waals surface area contributed by atoms with Crippen LogP contribution in [0.1, 0.15) is 43.9 Å². The van der Waals surface area contributed by atoms with E-state index in [4.69, 9.17) is 10.00 Å². The van der Waals surface area contributed by atoms with Crippen molar-refractivity contribution >= 4 is 5.91 Å². The van der Waals surface area contributed by atoms with Crippen molar-refractivity contribution in [1.82, 2.24) is 5.32 Å². The summed E-state index contributed by atoms with van der Waals surface area (Å²) < 4.78 is 6.08. The summed E-state index contributed by atoms with van der Waals surface area (Å²) in [5.41, 5.74) is 3.33. The van der Waals surface area contributed by atoms with Crippen molar-refractivity contribution in [2.24, 2.45) is 0 Å². The third kappa shape index (κ3) is 5.36. The highest BCUT2D eigenvalue weighted by Gasteiger charge is 2.19. The Kier molecular flexibility index (Phi) is 5.82. The van der Waals surface area contributed by atoms with Crippen LogP contribution in [0.25, 0.3) is 0 Å². The van der Waals surface area contributed by atoms with E-state index < -0.39 is 0 Å². The Balaban J connectivity index is 2.10. The van der Waals surface area contributed by atoms with Gasteiger partial charge in [0.2, 0.25) is 5.91 Å². The van der Waals surface area contributed by atoms with Crippen molar-refractivity contribution in [3.63, 3.8) is 0 Å². The molecule has 0 saturated carbocycles. The van der Waals surface area contributed by atoms with E-state index in [-0.39, 0.29) is 17.7 Å². The Morgan fingerprint density at radius 2 is 1.84 bits per heavy atom. The van der Waals surface area contributed by atoms with E-state index in [1.165, 1.54) is 11.1 Å². The number of hydrogen-bond acceptors (Lipinski definition) is 3. The number of rotatable bonds is 5. The normalized spacial score (nSPS) is 10.8. The molecule has 0 saturated heterocycles. The fraction of sp³-hybridized carbons (Fsp3) is 0.333. The van der Waals surface area contributed by atoms with E-state index in [2.05, 4.69) is 39.1 Å². The van der Waals surface area contributed by atoms with Gasteiger partial charge >= 0.3 is 0 Å². The second kappa shape index (κ2) is 7.85. The summed E-state index contributed by atoms with van der Waals surface area (Å²) in [4.78, 5) is 11.3. The molecule has 130 valence electrons. The zero-order valence-corrected chi connectivity index (χ0v) is 15.2. The Morgan fingerprint density at radius 1 is 1.16 bits per heavy atom. The van der Waals surface area contributed by atoms with Gasteiger partial charge in [0.25, 0.3) is 0 Å². The molecule has 0 spiro atoms. The van der Waals surface area contributed by atoms with Gasteiger partial charge in [-0.05, 0) is 36.1 Å². The number of hydrogen-bond donors (Lipinski definition) is 1. The Morgan fingerprint density at radius 3 is 2.44 bits per heavy atom. The minimum atomic E-state index is -0.266. The second-order valence-electron chi connectivity index (χ2n) is 7.11. The zero-order valence-electron chi connectivity index (χ0n) is 15.2. The predicted octanol–water partition coefficient (Wildman–Crippen LogP) is 4.61. The molecule has 2 rings (SSSR count). The van der Waals surface area contributed by atoms with Gasteiger partial charge in [-0.25, -0.2) is 0 Å². The van der Waals surface area contributed by atoms with Crippen LogP contribution in [0.3, 0.4) is 0 Å². The Hall–Kier alpha value is -2.80. The van der Waals surface area contributed by atoms with Crippen molar-refractivity contribution < 1.29 is 9.53 Å². The highest BCUT2D eigenvalue weighted by Crippen LogP contribution is 2.34. The number of benzene rings is 2. The molecule has 0 aliphatic carbocycles. The monoisotopic (exact) mass is 336 g/mol. The van der Waals surface area contributed by atoms with Gasteiger partial charge < -0.3 is 10.1 Å². The van der Waals surface area contributed by atoms with Crippen molar-refractivity contribution in [1.29, 1.82) is 5.26 Å². The van der Waals surface area contributed by atoms with E-state index in [1.54, 1.807) is 0 Å². The fourth-order valence-electron chi connectivity index (χ4n) is 2.46. The first-order valence-corrected chi connectivity index (χ1v) is 8.31. The first-order valence-electron chi connectivity index (χ1n) is 8.31. The first-order chi connectivity index (χ1) is 11.8. The molecule has 2 aromatic carbocycles. The van der Waals surface area contributed by atoms with Crippen molar-refractivity contribution in [2.75, 3.05) is 0 Å². The molecule has 0 unspecified atom stereocenters. The molecule has 0 atom stereocenters.